The molecule has 2 unspecified atom stereocenters. The molecule has 0 spiro atoms. The zero-order chi connectivity index (χ0) is 7.84. The van der Waals surface area contributed by atoms with Crippen LogP contribution in [-0.2, 0) is 0 Å². The lowest BCUT2D eigenvalue weighted by molar-refractivity contribution is 0.665. The first kappa shape index (κ1) is 6.65. The topological polar surface area (TPSA) is 24.4 Å². The maximum absolute atomic E-state index is 4.48. The Labute approximate surface area is 66.7 Å². The standard InChI is InChI=1S/C9H12N2/c1-6-4-3-5-8-9(6)11-7(2)10-8/h3-5,8-9H,1-2H3,(H,10,11). The van der Waals surface area contributed by atoms with Gasteiger partial charge in [0.15, 0.2) is 0 Å². The fourth-order valence-corrected chi connectivity index (χ4v) is 1.61. The Balaban J connectivity index is 2.30. The largest absolute Gasteiger partial charge is 0.365 e. The highest BCUT2D eigenvalue weighted by Gasteiger charge is 2.26. The van der Waals surface area contributed by atoms with E-state index >= 15 is 0 Å². The number of hydrogen-bond acceptors (Lipinski definition) is 2. The van der Waals surface area contributed by atoms with Crippen molar-refractivity contribution in [2.75, 3.05) is 0 Å². The summed E-state index contributed by atoms with van der Waals surface area (Å²) in [6, 6.07) is 0.778. The van der Waals surface area contributed by atoms with Crippen molar-refractivity contribution in [1.82, 2.24) is 5.32 Å². The average molecular weight is 148 g/mol. The molecular formula is C9H12N2. The number of rotatable bonds is 0. The third kappa shape index (κ3) is 0.985. The Kier molecular flexibility index (Phi) is 1.34. The zero-order valence-corrected chi connectivity index (χ0v) is 6.83. The first-order valence-corrected chi connectivity index (χ1v) is 3.93. The van der Waals surface area contributed by atoms with Gasteiger partial charge in [-0.1, -0.05) is 18.2 Å². The van der Waals surface area contributed by atoms with Crippen LogP contribution in [0.5, 0.6) is 0 Å². The van der Waals surface area contributed by atoms with E-state index in [1.165, 1.54) is 5.57 Å². The quantitative estimate of drug-likeness (QED) is 0.549. The van der Waals surface area contributed by atoms with E-state index < -0.39 is 0 Å². The van der Waals surface area contributed by atoms with Crippen LogP contribution in [0.15, 0.2) is 28.8 Å². The molecule has 58 valence electrons. The minimum atomic E-state index is 0.361. The van der Waals surface area contributed by atoms with Crippen LogP contribution >= 0.6 is 0 Å². The summed E-state index contributed by atoms with van der Waals surface area (Å²) in [5, 5.41) is 3.31. The molecule has 1 heterocycles. The van der Waals surface area contributed by atoms with E-state index in [0.717, 1.165) is 5.84 Å². The molecule has 11 heavy (non-hydrogen) atoms. The molecule has 2 rings (SSSR count). The smallest absolute Gasteiger partial charge is 0.0967 e. The van der Waals surface area contributed by atoms with E-state index in [9.17, 15) is 0 Å². The molecule has 2 heteroatoms. The Morgan fingerprint density at radius 3 is 3.00 bits per heavy atom. The van der Waals surface area contributed by atoms with Crippen molar-refractivity contribution < 1.29 is 0 Å². The molecule has 0 aromatic carbocycles. The summed E-state index contributed by atoms with van der Waals surface area (Å²) in [7, 11) is 0. The van der Waals surface area contributed by atoms with Crippen molar-refractivity contribution in [3.05, 3.63) is 23.8 Å². The van der Waals surface area contributed by atoms with Crippen molar-refractivity contribution >= 4 is 5.84 Å². The summed E-state index contributed by atoms with van der Waals surface area (Å²) < 4.78 is 0. The van der Waals surface area contributed by atoms with E-state index in [4.69, 9.17) is 0 Å². The van der Waals surface area contributed by atoms with Crippen molar-refractivity contribution in [1.29, 1.82) is 0 Å². The van der Waals surface area contributed by atoms with Crippen LogP contribution in [0.25, 0.3) is 0 Å². The summed E-state index contributed by atoms with van der Waals surface area (Å²) in [4.78, 5) is 4.48. The molecule has 0 fully saturated rings. The maximum atomic E-state index is 4.48. The highest BCUT2D eigenvalue weighted by atomic mass is 15.1. The lowest BCUT2D eigenvalue weighted by atomic mass is 9.97. The van der Waals surface area contributed by atoms with Crippen LogP contribution in [0.3, 0.4) is 0 Å². The van der Waals surface area contributed by atoms with E-state index in [1.54, 1.807) is 0 Å². The zero-order valence-electron chi connectivity index (χ0n) is 6.83. The van der Waals surface area contributed by atoms with E-state index in [-0.39, 0.29) is 0 Å². The van der Waals surface area contributed by atoms with E-state index in [2.05, 4.69) is 35.5 Å². The van der Waals surface area contributed by atoms with Gasteiger partial charge in [0.25, 0.3) is 0 Å². The summed E-state index contributed by atoms with van der Waals surface area (Å²) in [5.74, 6) is 1.05. The van der Waals surface area contributed by atoms with Crippen LogP contribution in [-0.4, -0.2) is 17.9 Å². The van der Waals surface area contributed by atoms with Crippen LogP contribution in [0, 0.1) is 0 Å². The van der Waals surface area contributed by atoms with Gasteiger partial charge in [-0.05, 0) is 19.4 Å². The SMILES string of the molecule is CC1=CC=CC2NC(C)=NC12. The summed E-state index contributed by atoms with van der Waals surface area (Å²) in [5.41, 5.74) is 1.35. The second-order valence-corrected chi connectivity index (χ2v) is 3.13. The van der Waals surface area contributed by atoms with Gasteiger partial charge in [-0.2, -0.15) is 0 Å². The van der Waals surface area contributed by atoms with Gasteiger partial charge in [-0.25, -0.2) is 0 Å². The number of fused-ring (bicyclic) bond motifs is 1. The first-order chi connectivity index (χ1) is 5.27. The maximum Gasteiger partial charge on any atom is 0.0967 e. The van der Waals surface area contributed by atoms with Crippen LogP contribution in [0.2, 0.25) is 0 Å². The summed E-state index contributed by atoms with van der Waals surface area (Å²) in [6.45, 7) is 4.14. The number of nitrogens with zero attached hydrogens (tertiary/aromatic N) is 1. The predicted molar refractivity (Wildman–Crippen MR) is 46.7 cm³/mol. The van der Waals surface area contributed by atoms with Gasteiger partial charge in [0.1, 0.15) is 0 Å². The molecule has 2 atom stereocenters. The molecule has 0 bridgehead atoms. The number of amidine groups is 1. The summed E-state index contributed by atoms with van der Waals surface area (Å²) in [6.07, 6.45) is 6.39. The van der Waals surface area contributed by atoms with Crippen molar-refractivity contribution in [2.45, 2.75) is 25.9 Å². The molecule has 1 aliphatic carbocycles. The lowest BCUT2D eigenvalue weighted by Gasteiger charge is -2.18. The fourth-order valence-electron chi connectivity index (χ4n) is 1.61. The first-order valence-electron chi connectivity index (χ1n) is 3.93. The predicted octanol–water partition coefficient (Wildman–Crippen LogP) is 1.26. The molecule has 0 radical (unpaired) electrons. The van der Waals surface area contributed by atoms with E-state index in [1.807, 2.05) is 6.92 Å². The molecule has 1 N–H and O–H groups in total. The fraction of sp³-hybridized carbons (Fsp3) is 0.444. The molecule has 2 aliphatic rings. The van der Waals surface area contributed by atoms with E-state index in [0.29, 0.717) is 12.1 Å². The van der Waals surface area contributed by atoms with Gasteiger partial charge in [-0.3, -0.25) is 4.99 Å². The summed E-state index contributed by atoms with van der Waals surface area (Å²) >= 11 is 0. The second kappa shape index (κ2) is 2.22. The van der Waals surface area contributed by atoms with Crippen molar-refractivity contribution in [3.8, 4) is 0 Å². The Bertz CT molecular complexity index is 261. The monoisotopic (exact) mass is 148 g/mol. The lowest BCUT2D eigenvalue weighted by Crippen LogP contribution is -2.33. The van der Waals surface area contributed by atoms with Gasteiger partial charge >= 0.3 is 0 Å². The van der Waals surface area contributed by atoms with Gasteiger partial charge < -0.3 is 5.32 Å². The molecule has 0 aromatic heterocycles. The molecule has 0 saturated carbocycles. The molecule has 0 aromatic rings. The molecule has 0 amide bonds. The Morgan fingerprint density at radius 1 is 1.45 bits per heavy atom. The van der Waals surface area contributed by atoms with Crippen molar-refractivity contribution in [3.63, 3.8) is 0 Å². The van der Waals surface area contributed by atoms with Gasteiger partial charge in [0.2, 0.25) is 0 Å². The van der Waals surface area contributed by atoms with Gasteiger partial charge in [0, 0.05) is 0 Å². The highest BCUT2D eigenvalue weighted by molar-refractivity contribution is 5.83. The number of nitrogens with one attached hydrogen (secondary N) is 1. The number of aliphatic imine (C=N–C) groups is 1. The van der Waals surface area contributed by atoms with Gasteiger partial charge in [0.05, 0.1) is 17.9 Å². The third-order valence-corrected chi connectivity index (χ3v) is 2.19. The molecular weight excluding hydrogens is 136 g/mol. The third-order valence-electron chi connectivity index (χ3n) is 2.19. The molecule has 1 aliphatic heterocycles. The normalized spacial score (nSPS) is 34.0. The minimum absolute atomic E-state index is 0.361. The van der Waals surface area contributed by atoms with Crippen LogP contribution in [0.1, 0.15) is 13.8 Å². The van der Waals surface area contributed by atoms with Crippen LogP contribution < -0.4 is 5.32 Å². The minimum Gasteiger partial charge on any atom is -0.365 e. The second-order valence-electron chi connectivity index (χ2n) is 3.13. The Morgan fingerprint density at radius 2 is 2.27 bits per heavy atom. The average Bonchev–Trinajstić information content (AvgIpc) is 2.31. The van der Waals surface area contributed by atoms with Gasteiger partial charge in [-0.15, -0.1) is 0 Å². The number of hydrogen-bond donors (Lipinski definition) is 1. The molecule has 0 saturated heterocycles. The Hall–Kier alpha value is -1.05. The molecule has 2 nitrogen and oxygen atoms in total. The highest BCUT2D eigenvalue weighted by Crippen LogP contribution is 2.20. The van der Waals surface area contributed by atoms with Crippen molar-refractivity contribution in [2.24, 2.45) is 4.99 Å². The number of allylic oxidation sites excluding steroid dienone is 2. The van der Waals surface area contributed by atoms with Crippen LogP contribution in [0.4, 0.5) is 0 Å².